The Hall–Kier alpha value is -3.09. The Morgan fingerprint density at radius 3 is 2.47 bits per heavy atom. The van der Waals surface area contributed by atoms with Crippen LogP contribution in [0.2, 0.25) is 0 Å². The van der Waals surface area contributed by atoms with Crippen molar-refractivity contribution in [3.05, 3.63) is 95.8 Å². The molecule has 2 aliphatic rings. The maximum Gasteiger partial charge on any atom is 0.254 e. The summed E-state index contributed by atoms with van der Waals surface area (Å²) in [6.07, 6.45) is 7.90. The lowest BCUT2D eigenvalue weighted by molar-refractivity contribution is 0.0710. The molecule has 0 spiro atoms. The zero-order valence-corrected chi connectivity index (χ0v) is 28.7. The largest absolute Gasteiger partial charge is 0.337 e. The molecule has 0 bridgehead atoms. The first-order valence-electron chi connectivity index (χ1n) is 16.9. The Balaban J connectivity index is 1.29. The Kier molecular flexibility index (Phi) is 9.44. The third kappa shape index (κ3) is 7.02. The van der Waals surface area contributed by atoms with Crippen LogP contribution >= 0.6 is 11.8 Å². The number of amides is 1. The number of nitrogens with zero attached hydrogens (tertiary/aromatic N) is 4. The van der Waals surface area contributed by atoms with E-state index in [1.54, 1.807) is 0 Å². The predicted molar refractivity (Wildman–Crippen MR) is 188 cm³/mol. The van der Waals surface area contributed by atoms with Crippen molar-refractivity contribution in [3.63, 3.8) is 0 Å². The number of benzene rings is 3. The van der Waals surface area contributed by atoms with E-state index in [1.165, 1.54) is 30.5 Å². The summed E-state index contributed by atoms with van der Waals surface area (Å²) in [6, 6.07) is 25.5. The van der Waals surface area contributed by atoms with E-state index in [9.17, 15) is 4.79 Å². The topological polar surface area (TPSA) is 41.4 Å². The van der Waals surface area contributed by atoms with E-state index >= 15 is 0 Å². The van der Waals surface area contributed by atoms with Crippen molar-refractivity contribution in [1.29, 1.82) is 0 Å². The van der Waals surface area contributed by atoms with Gasteiger partial charge in [-0.3, -0.25) is 9.69 Å². The Morgan fingerprint density at radius 2 is 1.67 bits per heavy atom. The number of aromatic nitrogens is 2. The molecule has 1 amide bonds. The lowest BCUT2D eigenvalue weighted by Gasteiger charge is -2.35. The molecule has 238 valence electrons. The Bertz CT molecular complexity index is 1600. The summed E-state index contributed by atoms with van der Waals surface area (Å²) in [5.74, 6) is 0.844. The maximum atomic E-state index is 14.2. The molecule has 6 rings (SSSR count). The lowest BCUT2D eigenvalue weighted by Crippen LogP contribution is -2.41. The van der Waals surface area contributed by atoms with Gasteiger partial charge in [0.1, 0.15) is 0 Å². The molecular formula is C39H50N4OS. The highest BCUT2D eigenvalue weighted by Gasteiger charge is 2.43. The van der Waals surface area contributed by atoms with Gasteiger partial charge in [0, 0.05) is 36.5 Å². The van der Waals surface area contributed by atoms with Crippen molar-refractivity contribution in [2.45, 2.75) is 89.2 Å². The quantitative estimate of drug-likeness (QED) is 0.223. The molecule has 0 radical (unpaired) electrons. The van der Waals surface area contributed by atoms with Crippen LogP contribution in [0.5, 0.6) is 0 Å². The molecular weight excluding hydrogens is 573 g/mol. The molecule has 2 aliphatic heterocycles. The molecule has 0 N–H and O–H groups in total. The number of thioether (sulfide) groups is 1. The lowest BCUT2D eigenvalue weighted by atomic mass is 9.77. The number of hydrogen-bond acceptors (Lipinski definition) is 4. The average molecular weight is 623 g/mol. The van der Waals surface area contributed by atoms with Gasteiger partial charge >= 0.3 is 0 Å². The Labute approximate surface area is 274 Å². The van der Waals surface area contributed by atoms with Crippen molar-refractivity contribution in [2.24, 2.45) is 11.3 Å². The minimum atomic E-state index is 0.0142. The van der Waals surface area contributed by atoms with Gasteiger partial charge in [-0.2, -0.15) is 0 Å². The molecule has 4 aromatic rings. The molecule has 45 heavy (non-hydrogen) atoms. The second kappa shape index (κ2) is 13.3. The normalized spacial score (nSPS) is 22.5. The number of imidazole rings is 1. The van der Waals surface area contributed by atoms with Gasteiger partial charge in [-0.1, -0.05) is 106 Å². The minimum absolute atomic E-state index is 0.0142. The predicted octanol–water partition coefficient (Wildman–Crippen LogP) is 9.08. The summed E-state index contributed by atoms with van der Waals surface area (Å²) in [4.78, 5) is 23.9. The fraction of sp³-hybridized carbons (Fsp3) is 0.487. The smallest absolute Gasteiger partial charge is 0.254 e. The van der Waals surface area contributed by atoms with Crippen LogP contribution in [0.15, 0.2) is 84.1 Å². The molecule has 1 saturated heterocycles. The van der Waals surface area contributed by atoms with Crippen LogP contribution in [0.1, 0.15) is 94.4 Å². The van der Waals surface area contributed by atoms with Crippen molar-refractivity contribution in [1.82, 2.24) is 19.4 Å². The summed E-state index contributed by atoms with van der Waals surface area (Å²) in [5.41, 5.74) is 3.69. The monoisotopic (exact) mass is 622 g/mol. The van der Waals surface area contributed by atoms with Gasteiger partial charge < -0.3 is 9.47 Å². The third-order valence-corrected chi connectivity index (χ3v) is 11.4. The summed E-state index contributed by atoms with van der Waals surface area (Å²) in [5, 5.41) is 3.27. The summed E-state index contributed by atoms with van der Waals surface area (Å²) in [6.45, 7) is 16.1. The number of fused-ring (bicyclic) bond motifs is 2. The van der Waals surface area contributed by atoms with E-state index in [0.29, 0.717) is 5.92 Å². The van der Waals surface area contributed by atoms with Crippen LogP contribution in [0.3, 0.4) is 0 Å². The molecule has 1 fully saturated rings. The van der Waals surface area contributed by atoms with E-state index < -0.39 is 0 Å². The van der Waals surface area contributed by atoms with E-state index in [-0.39, 0.29) is 22.1 Å². The van der Waals surface area contributed by atoms with E-state index in [2.05, 4.69) is 104 Å². The molecule has 0 aliphatic carbocycles. The molecule has 2 unspecified atom stereocenters. The summed E-state index contributed by atoms with van der Waals surface area (Å²) >= 11 is 1.88. The highest BCUT2D eigenvalue weighted by molar-refractivity contribution is 8.00. The highest BCUT2D eigenvalue weighted by atomic mass is 32.2. The SMILES string of the molecule is CCC1CCCN(C(=O)c2cccc3ccccc23)CCN(Cc2cnc3n2C(c2ccccc2)C(C)(C)S3)CCC(C)(C)C1. The summed E-state index contributed by atoms with van der Waals surface area (Å²) < 4.78 is 2.51. The summed E-state index contributed by atoms with van der Waals surface area (Å²) in [7, 11) is 0. The molecule has 0 saturated carbocycles. The molecule has 6 heteroatoms. The van der Waals surface area contributed by atoms with Crippen LogP contribution in [0.25, 0.3) is 10.8 Å². The number of rotatable bonds is 5. The average Bonchev–Trinajstić information content (AvgIpc) is 3.53. The second-order valence-corrected chi connectivity index (χ2v) is 16.2. The third-order valence-electron chi connectivity index (χ3n) is 10.2. The molecule has 5 nitrogen and oxygen atoms in total. The fourth-order valence-electron chi connectivity index (χ4n) is 7.66. The first kappa shape index (κ1) is 31.9. The Morgan fingerprint density at radius 1 is 0.911 bits per heavy atom. The van der Waals surface area contributed by atoms with E-state index in [0.717, 1.165) is 67.1 Å². The van der Waals surface area contributed by atoms with Crippen molar-refractivity contribution < 1.29 is 4.79 Å². The van der Waals surface area contributed by atoms with Gasteiger partial charge in [0.05, 0.1) is 17.9 Å². The second-order valence-electron chi connectivity index (χ2n) is 14.6. The van der Waals surface area contributed by atoms with Gasteiger partial charge in [0.15, 0.2) is 5.16 Å². The molecule has 1 aromatic heterocycles. The first-order chi connectivity index (χ1) is 21.6. The van der Waals surface area contributed by atoms with Gasteiger partial charge in [-0.05, 0) is 79.8 Å². The van der Waals surface area contributed by atoms with Gasteiger partial charge in [-0.25, -0.2) is 4.98 Å². The van der Waals surface area contributed by atoms with Gasteiger partial charge in [0.2, 0.25) is 0 Å². The maximum absolute atomic E-state index is 14.2. The first-order valence-corrected chi connectivity index (χ1v) is 17.8. The molecule has 3 heterocycles. The zero-order chi connectivity index (χ0) is 31.6. The number of hydrogen-bond donors (Lipinski definition) is 0. The van der Waals surface area contributed by atoms with E-state index in [4.69, 9.17) is 4.98 Å². The number of carbonyl (C=O) groups is 1. The molecule has 2 atom stereocenters. The van der Waals surface area contributed by atoms with Crippen LogP contribution in [0.4, 0.5) is 0 Å². The van der Waals surface area contributed by atoms with Crippen LogP contribution in [-0.4, -0.2) is 56.2 Å². The highest BCUT2D eigenvalue weighted by Crippen LogP contribution is 2.51. The standard InChI is InChI=1S/C39H50N4OS/c1-6-29-14-13-22-42(36(44)34-20-12-18-30-15-10-11-19-33(30)34)25-24-41(23-21-38(2,3)26-29)28-32-27-40-37-43(32)35(39(4,5)45-37)31-16-8-7-9-17-31/h7-12,15-20,27,29,35H,6,13-14,21-26,28H2,1-5H3. The number of carbonyl (C=O) groups excluding carboxylic acids is 1. The van der Waals surface area contributed by atoms with Crippen LogP contribution in [0, 0.1) is 11.3 Å². The van der Waals surface area contributed by atoms with Crippen molar-refractivity contribution in [2.75, 3.05) is 26.2 Å². The van der Waals surface area contributed by atoms with E-state index in [1.807, 2.05) is 36.0 Å². The van der Waals surface area contributed by atoms with Gasteiger partial charge in [0.25, 0.3) is 5.91 Å². The van der Waals surface area contributed by atoms with Crippen molar-refractivity contribution in [3.8, 4) is 0 Å². The van der Waals surface area contributed by atoms with Gasteiger partial charge in [-0.15, -0.1) is 0 Å². The van der Waals surface area contributed by atoms with Crippen LogP contribution in [-0.2, 0) is 6.54 Å². The minimum Gasteiger partial charge on any atom is -0.337 e. The van der Waals surface area contributed by atoms with Crippen LogP contribution < -0.4 is 0 Å². The zero-order valence-electron chi connectivity index (χ0n) is 27.8. The molecule has 3 aromatic carbocycles. The van der Waals surface area contributed by atoms with Crippen molar-refractivity contribution >= 4 is 28.4 Å². The fourth-order valence-corrected chi connectivity index (χ4v) is 8.91.